The quantitative estimate of drug-likeness (QED) is 0.676. The smallest absolute Gasteiger partial charge is 0.0626 e. The molecular weight excluding hydrogens is 190 g/mol. The zero-order chi connectivity index (χ0) is 11.1. The van der Waals surface area contributed by atoms with Gasteiger partial charge in [-0.2, -0.15) is 0 Å². The summed E-state index contributed by atoms with van der Waals surface area (Å²) in [4.78, 5) is 4.97. The normalized spacial score (nSPS) is 21.8. The van der Waals surface area contributed by atoms with Gasteiger partial charge in [-0.1, -0.05) is 6.92 Å². The van der Waals surface area contributed by atoms with E-state index in [1.54, 1.807) is 7.11 Å². The Balaban J connectivity index is 2.14. The van der Waals surface area contributed by atoms with E-state index in [0.717, 1.165) is 19.6 Å². The molecule has 1 rings (SSSR count). The molecule has 4 nitrogen and oxygen atoms in total. The van der Waals surface area contributed by atoms with E-state index in [4.69, 9.17) is 10.5 Å². The van der Waals surface area contributed by atoms with Crippen molar-refractivity contribution < 1.29 is 4.74 Å². The van der Waals surface area contributed by atoms with Crippen LogP contribution in [0.25, 0.3) is 0 Å². The van der Waals surface area contributed by atoms with Crippen LogP contribution in [0.15, 0.2) is 0 Å². The molecule has 0 aromatic heterocycles. The Morgan fingerprint density at radius 2 is 1.80 bits per heavy atom. The highest BCUT2D eigenvalue weighted by Gasteiger charge is 2.17. The second-order valence-electron chi connectivity index (χ2n) is 4.36. The molecule has 0 aromatic carbocycles. The van der Waals surface area contributed by atoms with E-state index in [9.17, 15) is 0 Å². The third kappa shape index (κ3) is 4.93. The molecule has 1 aliphatic rings. The van der Waals surface area contributed by atoms with Crippen LogP contribution in [0.4, 0.5) is 0 Å². The summed E-state index contributed by atoms with van der Waals surface area (Å²) in [6.07, 6.45) is 1.25. The van der Waals surface area contributed by atoms with Crippen LogP contribution in [-0.2, 0) is 4.74 Å². The third-order valence-corrected chi connectivity index (χ3v) is 2.88. The van der Waals surface area contributed by atoms with Gasteiger partial charge in [0.25, 0.3) is 0 Å². The van der Waals surface area contributed by atoms with Crippen LogP contribution in [0.1, 0.15) is 13.3 Å². The molecule has 15 heavy (non-hydrogen) atoms. The van der Waals surface area contributed by atoms with Gasteiger partial charge in [-0.3, -0.25) is 4.90 Å². The molecule has 2 N–H and O–H groups in total. The number of nitrogens with two attached hydrogens (primary N) is 1. The molecule has 0 spiro atoms. The number of hydrogen-bond acceptors (Lipinski definition) is 4. The Kier molecular flexibility index (Phi) is 6.17. The number of ether oxygens (including phenoxy) is 1. The highest BCUT2D eigenvalue weighted by atomic mass is 16.5. The van der Waals surface area contributed by atoms with Gasteiger partial charge in [0, 0.05) is 45.9 Å². The topological polar surface area (TPSA) is 41.7 Å². The average molecular weight is 215 g/mol. The van der Waals surface area contributed by atoms with Gasteiger partial charge in [-0.15, -0.1) is 0 Å². The Labute approximate surface area is 93.4 Å². The maximum atomic E-state index is 5.93. The summed E-state index contributed by atoms with van der Waals surface area (Å²) >= 11 is 0. The third-order valence-electron chi connectivity index (χ3n) is 2.88. The van der Waals surface area contributed by atoms with Crippen molar-refractivity contribution in [3.63, 3.8) is 0 Å². The van der Waals surface area contributed by atoms with Gasteiger partial charge in [0.05, 0.1) is 6.61 Å². The molecule has 1 saturated heterocycles. The van der Waals surface area contributed by atoms with Crippen molar-refractivity contribution in [2.75, 3.05) is 53.0 Å². The highest BCUT2D eigenvalue weighted by Crippen LogP contribution is 2.02. The van der Waals surface area contributed by atoms with Crippen LogP contribution in [-0.4, -0.2) is 68.8 Å². The van der Waals surface area contributed by atoms with Crippen LogP contribution in [0.2, 0.25) is 0 Å². The van der Waals surface area contributed by atoms with E-state index in [2.05, 4.69) is 16.7 Å². The first-order valence-corrected chi connectivity index (χ1v) is 5.95. The fraction of sp³-hybridized carbons (Fsp3) is 1.00. The molecule has 1 unspecified atom stereocenters. The standard InChI is InChI=1S/C11H25N3O/c1-3-4-13-5-7-14(8-6-13)9-11(12)10-15-2/h11H,3-10,12H2,1-2H3. The molecule has 0 bridgehead atoms. The van der Waals surface area contributed by atoms with Gasteiger partial charge in [0.2, 0.25) is 0 Å². The Morgan fingerprint density at radius 3 is 2.33 bits per heavy atom. The summed E-state index contributed by atoms with van der Waals surface area (Å²) in [7, 11) is 1.71. The summed E-state index contributed by atoms with van der Waals surface area (Å²) in [5.41, 5.74) is 5.93. The summed E-state index contributed by atoms with van der Waals surface area (Å²) in [6.45, 7) is 9.78. The van der Waals surface area contributed by atoms with E-state index < -0.39 is 0 Å². The van der Waals surface area contributed by atoms with E-state index in [-0.39, 0.29) is 6.04 Å². The lowest BCUT2D eigenvalue weighted by atomic mass is 10.2. The van der Waals surface area contributed by atoms with Crippen LogP contribution in [0.3, 0.4) is 0 Å². The fourth-order valence-electron chi connectivity index (χ4n) is 2.11. The lowest BCUT2D eigenvalue weighted by molar-refractivity contribution is 0.107. The van der Waals surface area contributed by atoms with E-state index in [1.165, 1.54) is 26.1 Å². The maximum absolute atomic E-state index is 5.93. The van der Waals surface area contributed by atoms with Gasteiger partial charge in [-0.25, -0.2) is 0 Å². The Hall–Kier alpha value is -0.160. The van der Waals surface area contributed by atoms with E-state index in [1.807, 2.05) is 0 Å². The Bertz CT molecular complexity index is 158. The Morgan fingerprint density at radius 1 is 1.20 bits per heavy atom. The number of rotatable bonds is 6. The van der Waals surface area contributed by atoms with Crippen molar-refractivity contribution in [2.24, 2.45) is 5.73 Å². The predicted molar refractivity (Wildman–Crippen MR) is 63.0 cm³/mol. The molecule has 90 valence electrons. The second kappa shape index (κ2) is 7.17. The molecule has 4 heteroatoms. The van der Waals surface area contributed by atoms with Crippen LogP contribution >= 0.6 is 0 Å². The van der Waals surface area contributed by atoms with Crippen molar-refractivity contribution in [3.05, 3.63) is 0 Å². The van der Waals surface area contributed by atoms with Crippen molar-refractivity contribution >= 4 is 0 Å². The number of piperazine rings is 1. The van der Waals surface area contributed by atoms with Crippen molar-refractivity contribution in [3.8, 4) is 0 Å². The molecule has 1 aliphatic heterocycles. The van der Waals surface area contributed by atoms with Crippen molar-refractivity contribution in [1.29, 1.82) is 0 Å². The summed E-state index contributed by atoms with van der Waals surface area (Å²) < 4.78 is 5.04. The van der Waals surface area contributed by atoms with Gasteiger partial charge in [0.1, 0.15) is 0 Å². The minimum Gasteiger partial charge on any atom is -0.383 e. The van der Waals surface area contributed by atoms with Crippen LogP contribution in [0.5, 0.6) is 0 Å². The fourth-order valence-corrected chi connectivity index (χ4v) is 2.11. The number of hydrogen-bond donors (Lipinski definition) is 1. The van der Waals surface area contributed by atoms with Gasteiger partial charge < -0.3 is 15.4 Å². The molecule has 0 amide bonds. The average Bonchev–Trinajstić information content (AvgIpc) is 2.22. The van der Waals surface area contributed by atoms with Gasteiger partial charge in [0.15, 0.2) is 0 Å². The number of nitrogens with zero attached hydrogens (tertiary/aromatic N) is 2. The molecule has 0 aliphatic carbocycles. The van der Waals surface area contributed by atoms with Crippen LogP contribution < -0.4 is 5.73 Å². The van der Waals surface area contributed by atoms with Crippen molar-refractivity contribution in [1.82, 2.24) is 9.80 Å². The zero-order valence-electron chi connectivity index (χ0n) is 10.1. The molecule has 0 aromatic rings. The second-order valence-corrected chi connectivity index (χ2v) is 4.36. The number of methoxy groups -OCH3 is 1. The summed E-state index contributed by atoms with van der Waals surface area (Å²) in [5, 5.41) is 0. The first kappa shape index (κ1) is 12.9. The first-order chi connectivity index (χ1) is 7.26. The molecule has 1 heterocycles. The van der Waals surface area contributed by atoms with Crippen LogP contribution in [0, 0.1) is 0 Å². The zero-order valence-corrected chi connectivity index (χ0v) is 10.1. The van der Waals surface area contributed by atoms with E-state index in [0.29, 0.717) is 6.61 Å². The SMILES string of the molecule is CCCN1CCN(CC(N)COC)CC1. The van der Waals surface area contributed by atoms with Crippen molar-refractivity contribution in [2.45, 2.75) is 19.4 Å². The highest BCUT2D eigenvalue weighted by molar-refractivity contribution is 4.75. The molecule has 0 saturated carbocycles. The lowest BCUT2D eigenvalue weighted by Gasteiger charge is -2.35. The minimum absolute atomic E-state index is 0.160. The first-order valence-electron chi connectivity index (χ1n) is 5.95. The molecule has 1 fully saturated rings. The van der Waals surface area contributed by atoms with E-state index >= 15 is 0 Å². The maximum Gasteiger partial charge on any atom is 0.0626 e. The van der Waals surface area contributed by atoms with Gasteiger partial charge in [-0.05, 0) is 13.0 Å². The summed E-state index contributed by atoms with van der Waals surface area (Å²) in [5.74, 6) is 0. The molecule has 0 radical (unpaired) electrons. The molecular formula is C11H25N3O. The molecule has 1 atom stereocenters. The summed E-state index contributed by atoms with van der Waals surface area (Å²) in [6, 6.07) is 0.160. The monoisotopic (exact) mass is 215 g/mol. The largest absolute Gasteiger partial charge is 0.383 e. The predicted octanol–water partition coefficient (Wildman–Crippen LogP) is -0.0123. The van der Waals surface area contributed by atoms with Gasteiger partial charge >= 0.3 is 0 Å². The lowest BCUT2D eigenvalue weighted by Crippen LogP contribution is -2.50. The minimum atomic E-state index is 0.160.